The minimum atomic E-state index is -1.36. The van der Waals surface area contributed by atoms with E-state index in [0.717, 1.165) is 0 Å². The van der Waals surface area contributed by atoms with Crippen LogP contribution in [0.4, 0.5) is 0 Å². The van der Waals surface area contributed by atoms with E-state index in [-0.39, 0.29) is 0 Å². The van der Waals surface area contributed by atoms with E-state index in [4.69, 9.17) is 9.47 Å². The quantitative estimate of drug-likeness (QED) is 0.849. The molecule has 1 heterocycles. The molecule has 0 spiro atoms. The summed E-state index contributed by atoms with van der Waals surface area (Å²) in [7, 11) is 1.75. The molecular weight excluding hydrogens is 250 g/mol. The molecule has 2 rings (SSSR count). The Labute approximate surface area is 108 Å². The number of hydrogen-bond donors (Lipinski definition) is 0. The molecule has 1 atom stereocenters. The van der Waals surface area contributed by atoms with Gasteiger partial charge in [-0.05, 0) is 24.3 Å². The molecule has 0 fully saturated rings. The van der Waals surface area contributed by atoms with E-state index >= 15 is 0 Å². The van der Waals surface area contributed by atoms with Crippen molar-refractivity contribution in [2.75, 3.05) is 14.2 Å². The van der Waals surface area contributed by atoms with E-state index in [1.807, 2.05) is 0 Å². The number of pyridine rings is 1. The van der Waals surface area contributed by atoms with E-state index in [0.29, 0.717) is 21.4 Å². The maximum Gasteiger partial charge on any atom is 0.139 e. The molecule has 0 aliphatic heterocycles. The lowest BCUT2D eigenvalue weighted by Crippen LogP contribution is -1.99. The second-order valence-corrected chi connectivity index (χ2v) is 4.85. The van der Waals surface area contributed by atoms with Gasteiger partial charge in [0.2, 0.25) is 0 Å². The van der Waals surface area contributed by atoms with Gasteiger partial charge in [-0.25, -0.2) is 9.19 Å². The predicted octanol–water partition coefficient (Wildman–Crippen LogP) is 2.27. The minimum Gasteiger partial charge on any atom is -0.497 e. The number of nitrogens with zero attached hydrogens (tertiary/aromatic N) is 1. The smallest absolute Gasteiger partial charge is 0.139 e. The zero-order valence-corrected chi connectivity index (χ0v) is 10.9. The zero-order chi connectivity index (χ0) is 13.0. The third-order valence-electron chi connectivity index (χ3n) is 2.40. The van der Waals surface area contributed by atoms with Crippen LogP contribution in [0.3, 0.4) is 0 Å². The molecule has 0 radical (unpaired) electrons. The van der Waals surface area contributed by atoms with Crippen LogP contribution in [0.1, 0.15) is 0 Å². The summed E-state index contributed by atoms with van der Waals surface area (Å²) in [4.78, 5) is 4.67. The number of methoxy groups -OCH3 is 2. The van der Waals surface area contributed by atoms with Gasteiger partial charge in [0.05, 0.1) is 19.1 Å². The van der Waals surface area contributed by atoms with Gasteiger partial charge in [-0.15, -0.1) is 0 Å². The Kier molecular flexibility index (Phi) is 3.94. The van der Waals surface area contributed by atoms with Crippen LogP contribution in [-0.4, -0.2) is 23.4 Å². The molecule has 0 N–H and O–H groups in total. The first-order valence-corrected chi connectivity index (χ1v) is 6.46. The van der Waals surface area contributed by atoms with Gasteiger partial charge in [-0.1, -0.05) is 6.07 Å². The fraction of sp³-hybridized carbons (Fsp3) is 0.154. The van der Waals surface area contributed by atoms with Gasteiger partial charge in [0.25, 0.3) is 0 Å². The SMILES string of the molecule is COc1ccc(S(=O)c2ccccn2)c(OC)c1. The van der Waals surface area contributed by atoms with E-state index in [9.17, 15) is 4.21 Å². The molecule has 5 heteroatoms. The number of aromatic nitrogens is 1. The first-order chi connectivity index (χ1) is 8.76. The van der Waals surface area contributed by atoms with Crippen molar-refractivity contribution < 1.29 is 13.7 Å². The predicted molar refractivity (Wildman–Crippen MR) is 68.5 cm³/mol. The molecule has 0 aliphatic carbocycles. The summed E-state index contributed by atoms with van der Waals surface area (Å²) in [5, 5.41) is 0.501. The molecular formula is C13H13NO3S. The molecule has 18 heavy (non-hydrogen) atoms. The lowest BCUT2D eigenvalue weighted by Gasteiger charge is -2.09. The third-order valence-corrected chi connectivity index (χ3v) is 3.76. The normalized spacial score (nSPS) is 11.9. The molecule has 0 aliphatic rings. The van der Waals surface area contributed by atoms with Crippen LogP contribution in [0.15, 0.2) is 52.5 Å². The van der Waals surface area contributed by atoms with Crippen molar-refractivity contribution in [1.29, 1.82) is 0 Å². The molecule has 1 unspecified atom stereocenters. The second kappa shape index (κ2) is 5.64. The maximum atomic E-state index is 12.4. The highest BCUT2D eigenvalue weighted by atomic mass is 32.2. The number of rotatable bonds is 4. The van der Waals surface area contributed by atoms with Gasteiger partial charge >= 0.3 is 0 Å². The van der Waals surface area contributed by atoms with Crippen LogP contribution in [0.5, 0.6) is 11.5 Å². The zero-order valence-electron chi connectivity index (χ0n) is 10.1. The number of hydrogen-bond acceptors (Lipinski definition) is 4. The van der Waals surface area contributed by atoms with E-state index in [1.165, 1.54) is 7.11 Å². The molecule has 0 saturated carbocycles. The highest BCUT2D eigenvalue weighted by Crippen LogP contribution is 2.29. The third kappa shape index (κ3) is 2.51. The van der Waals surface area contributed by atoms with Crippen LogP contribution >= 0.6 is 0 Å². The topological polar surface area (TPSA) is 48.4 Å². The summed E-state index contributed by atoms with van der Waals surface area (Å²) in [6.45, 7) is 0. The summed E-state index contributed by atoms with van der Waals surface area (Å²) in [5.41, 5.74) is 0. The van der Waals surface area contributed by atoms with Crippen LogP contribution in [-0.2, 0) is 10.8 Å². The Bertz CT molecular complexity index is 557. The average Bonchev–Trinajstić information content (AvgIpc) is 2.46. The monoisotopic (exact) mass is 263 g/mol. The highest BCUT2D eigenvalue weighted by molar-refractivity contribution is 7.85. The molecule has 94 valence electrons. The Balaban J connectivity index is 2.42. The fourth-order valence-corrected chi connectivity index (χ4v) is 2.60. The molecule has 0 bridgehead atoms. The second-order valence-electron chi connectivity index (χ2n) is 3.45. The van der Waals surface area contributed by atoms with Crippen LogP contribution in [0.2, 0.25) is 0 Å². The molecule has 2 aromatic rings. The van der Waals surface area contributed by atoms with Crippen LogP contribution < -0.4 is 9.47 Å². The van der Waals surface area contributed by atoms with E-state index in [1.54, 1.807) is 49.7 Å². The van der Waals surface area contributed by atoms with Gasteiger partial charge in [-0.3, -0.25) is 0 Å². The summed E-state index contributed by atoms with van der Waals surface area (Å²) in [6, 6.07) is 10.5. The first kappa shape index (κ1) is 12.6. The van der Waals surface area contributed by atoms with Crippen molar-refractivity contribution in [3.63, 3.8) is 0 Å². The summed E-state index contributed by atoms with van der Waals surface area (Å²) >= 11 is 0. The van der Waals surface area contributed by atoms with Gasteiger partial charge in [-0.2, -0.15) is 0 Å². The van der Waals surface area contributed by atoms with E-state index < -0.39 is 10.8 Å². The molecule has 4 nitrogen and oxygen atoms in total. The Morgan fingerprint density at radius 2 is 1.94 bits per heavy atom. The molecule has 0 amide bonds. The van der Waals surface area contributed by atoms with Crippen molar-refractivity contribution in [2.24, 2.45) is 0 Å². The van der Waals surface area contributed by atoms with Crippen molar-refractivity contribution in [1.82, 2.24) is 4.98 Å². The minimum absolute atomic E-state index is 0.501. The number of ether oxygens (including phenoxy) is 2. The summed E-state index contributed by atoms with van der Waals surface area (Å²) in [6.07, 6.45) is 1.61. The van der Waals surface area contributed by atoms with Crippen LogP contribution in [0.25, 0.3) is 0 Å². The lowest BCUT2D eigenvalue weighted by atomic mass is 10.3. The van der Waals surface area contributed by atoms with Crippen molar-refractivity contribution in [2.45, 2.75) is 9.92 Å². The van der Waals surface area contributed by atoms with Gasteiger partial charge in [0, 0.05) is 12.3 Å². The Morgan fingerprint density at radius 3 is 2.56 bits per heavy atom. The average molecular weight is 263 g/mol. The molecule has 0 saturated heterocycles. The molecule has 1 aromatic carbocycles. The standard InChI is InChI=1S/C13H13NO3S/c1-16-10-6-7-12(11(9-10)17-2)18(15)13-5-3-4-8-14-13/h3-9H,1-2H3. The largest absolute Gasteiger partial charge is 0.497 e. The summed E-state index contributed by atoms with van der Waals surface area (Å²) in [5.74, 6) is 1.19. The lowest BCUT2D eigenvalue weighted by molar-refractivity contribution is 0.387. The van der Waals surface area contributed by atoms with Crippen molar-refractivity contribution in [3.8, 4) is 11.5 Å². The Morgan fingerprint density at radius 1 is 1.11 bits per heavy atom. The number of benzene rings is 1. The molecule has 1 aromatic heterocycles. The van der Waals surface area contributed by atoms with Crippen LogP contribution in [0, 0.1) is 0 Å². The van der Waals surface area contributed by atoms with Gasteiger partial charge in [0.1, 0.15) is 27.3 Å². The van der Waals surface area contributed by atoms with Crippen molar-refractivity contribution in [3.05, 3.63) is 42.6 Å². The summed E-state index contributed by atoms with van der Waals surface area (Å²) < 4.78 is 22.7. The van der Waals surface area contributed by atoms with E-state index in [2.05, 4.69) is 4.98 Å². The first-order valence-electron chi connectivity index (χ1n) is 5.31. The van der Waals surface area contributed by atoms with Gasteiger partial charge < -0.3 is 9.47 Å². The van der Waals surface area contributed by atoms with Gasteiger partial charge in [0.15, 0.2) is 0 Å². The maximum absolute atomic E-state index is 12.4. The Hall–Kier alpha value is -1.88. The van der Waals surface area contributed by atoms with Crippen molar-refractivity contribution >= 4 is 10.8 Å². The highest BCUT2D eigenvalue weighted by Gasteiger charge is 2.14. The fourth-order valence-electron chi connectivity index (χ4n) is 1.50.